The van der Waals surface area contributed by atoms with E-state index in [0.717, 1.165) is 81.3 Å². The van der Waals surface area contributed by atoms with E-state index in [4.69, 9.17) is 26.1 Å². The summed E-state index contributed by atoms with van der Waals surface area (Å²) in [6.45, 7) is 3.75. The van der Waals surface area contributed by atoms with E-state index in [9.17, 15) is 0 Å². The van der Waals surface area contributed by atoms with Gasteiger partial charge >= 0.3 is 0 Å². The van der Waals surface area contributed by atoms with Crippen LogP contribution in [0.5, 0.6) is 0 Å². The number of hydrogen-bond acceptors (Lipinski definition) is 6. The molecule has 1 aromatic carbocycles. The Hall–Kier alpha value is -1.44. The minimum absolute atomic E-state index is 0.463. The van der Waals surface area contributed by atoms with Crippen LogP contribution >= 0.6 is 11.6 Å². The van der Waals surface area contributed by atoms with Crippen LogP contribution in [0.3, 0.4) is 0 Å². The molecule has 2 aliphatic heterocycles. The van der Waals surface area contributed by atoms with Gasteiger partial charge in [0.05, 0.1) is 5.52 Å². The second kappa shape index (κ2) is 7.43. The number of nitrogens with zero attached hydrogens (tertiary/aromatic N) is 2. The molecule has 1 aromatic heterocycles. The first-order valence-corrected chi connectivity index (χ1v) is 10.6. The normalized spacial score (nSPS) is 23.8. The molecule has 3 heterocycles. The zero-order valence-corrected chi connectivity index (χ0v) is 16.7. The fourth-order valence-corrected chi connectivity index (χ4v) is 4.72. The molecule has 6 nitrogen and oxygen atoms in total. The largest absolute Gasteiger partial charge is 0.383 e. The third-order valence-corrected chi connectivity index (χ3v) is 6.38. The number of fused-ring (bicyclic) bond motifs is 1. The van der Waals surface area contributed by atoms with Gasteiger partial charge in [0.1, 0.15) is 0 Å². The maximum atomic E-state index is 6.31. The van der Waals surface area contributed by atoms with Crippen LogP contribution in [0.2, 0.25) is 5.02 Å². The molecule has 0 radical (unpaired) electrons. The number of halogens is 1. The fraction of sp³-hybridized carbons (Fsp3) is 0.571. The molecular formula is C21H26ClN3O3. The Morgan fingerprint density at radius 2 is 1.79 bits per heavy atom. The van der Waals surface area contributed by atoms with Gasteiger partial charge in [0.15, 0.2) is 0 Å². The second-order valence-electron chi connectivity index (χ2n) is 8.09. The van der Waals surface area contributed by atoms with Crippen molar-refractivity contribution in [3.63, 3.8) is 0 Å². The van der Waals surface area contributed by atoms with Crippen molar-refractivity contribution in [1.82, 2.24) is 9.88 Å². The molecule has 1 N–H and O–H groups in total. The Morgan fingerprint density at radius 1 is 1.04 bits per heavy atom. The third-order valence-electron chi connectivity index (χ3n) is 6.15. The molecule has 2 saturated heterocycles. The molecule has 0 unspecified atom stereocenters. The Bertz CT molecular complexity index is 848. The number of anilines is 1. The number of nitrogens with one attached hydrogen (secondary N) is 1. The highest BCUT2D eigenvalue weighted by atomic mass is 35.5. The van der Waals surface area contributed by atoms with Gasteiger partial charge in [0.25, 0.3) is 0 Å². The number of piperidine rings is 1. The van der Waals surface area contributed by atoms with E-state index in [1.807, 2.05) is 30.5 Å². The third kappa shape index (κ3) is 3.60. The van der Waals surface area contributed by atoms with Crippen LogP contribution in [0.25, 0.3) is 10.9 Å². The lowest BCUT2D eigenvalue weighted by Gasteiger charge is -2.36. The number of likely N-dealkylation sites (tertiary alicyclic amines) is 1. The molecule has 0 bridgehead atoms. The second-order valence-corrected chi connectivity index (χ2v) is 8.52. The molecule has 5 rings (SSSR count). The van der Waals surface area contributed by atoms with E-state index in [-0.39, 0.29) is 0 Å². The molecule has 7 heteroatoms. The van der Waals surface area contributed by atoms with Crippen molar-refractivity contribution in [3.05, 3.63) is 35.5 Å². The van der Waals surface area contributed by atoms with E-state index in [1.165, 1.54) is 0 Å². The summed E-state index contributed by atoms with van der Waals surface area (Å²) in [5, 5.41) is 5.34. The van der Waals surface area contributed by atoms with Gasteiger partial charge in [-0.3, -0.25) is 4.98 Å². The zero-order valence-electron chi connectivity index (χ0n) is 16.0. The monoisotopic (exact) mass is 403 g/mol. The Balaban J connectivity index is 1.13. The van der Waals surface area contributed by atoms with Gasteiger partial charge in [0, 0.05) is 74.2 Å². The first kappa shape index (κ1) is 18.6. The van der Waals surface area contributed by atoms with Gasteiger partial charge in [-0.05, 0) is 37.1 Å². The molecule has 3 fully saturated rings. The summed E-state index contributed by atoms with van der Waals surface area (Å²) < 4.78 is 6.31. The highest BCUT2D eigenvalue weighted by molar-refractivity contribution is 6.31. The predicted octanol–water partition coefficient (Wildman–Crippen LogP) is 4.34. The smallest absolute Gasteiger partial charge is 0.207 e. The van der Waals surface area contributed by atoms with Gasteiger partial charge in [-0.15, -0.1) is 0 Å². The van der Waals surface area contributed by atoms with E-state index >= 15 is 0 Å². The zero-order chi connectivity index (χ0) is 19.0. The number of pyridine rings is 1. The maximum Gasteiger partial charge on any atom is 0.207 e. The minimum Gasteiger partial charge on any atom is -0.383 e. The summed E-state index contributed by atoms with van der Waals surface area (Å²) in [6, 6.07) is 7.83. The number of benzene rings is 1. The van der Waals surface area contributed by atoms with Gasteiger partial charge in [-0.2, -0.15) is 9.78 Å². The topological polar surface area (TPSA) is 55.9 Å². The summed E-state index contributed by atoms with van der Waals surface area (Å²) in [6.07, 6.45) is 7.75. The predicted molar refractivity (Wildman–Crippen MR) is 108 cm³/mol. The van der Waals surface area contributed by atoms with Crippen molar-refractivity contribution < 1.29 is 14.5 Å². The van der Waals surface area contributed by atoms with Crippen LogP contribution in [0.1, 0.15) is 38.5 Å². The number of ether oxygens (including phenoxy) is 1. The van der Waals surface area contributed by atoms with Gasteiger partial charge in [-0.25, -0.2) is 0 Å². The first-order chi connectivity index (χ1) is 13.7. The van der Waals surface area contributed by atoms with Crippen molar-refractivity contribution in [2.24, 2.45) is 0 Å². The first-order valence-electron chi connectivity index (χ1n) is 10.2. The van der Waals surface area contributed by atoms with Crippen LogP contribution in [0.15, 0.2) is 30.5 Å². The van der Waals surface area contributed by atoms with Gasteiger partial charge in [0.2, 0.25) is 11.6 Å². The summed E-state index contributed by atoms with van der Waals surface area (Å²) in [4.78, 5) is 18.2. The SMILES string of the molecule is Clc1ccc2c(NCCN3CCC4(CC3)OOC3(CCCC3)O4)ccnc2c1. The Labute approximate surface area is 170 Å². The van der Waals surface area contributed by atoms with Crippen LogP contribution in [-0.2, 0) is 14.5 Å². The molecule has 2 aromatic rings. The van der Waals surface area contributed by atoms with Crippen molar-refractivity contribution in [2.75, 3.05) is 31.5 Å². The van der Waals surface area contributed by atoms with Gasteiger partial charge in [-0.1, -0.05) is 11.6 Å². The molecule has 0 atom stereocenters. The Kier molecular flexibility index (Phi) is 4.93. The van der Waals surface area contributed by atoms with Crippen molar-refractivity contribution in [1.29, 1.82) is 0 Å². The molecule has 2 spiro atoms. The summed E-state index contributed by atoms with van der Waals surface area (Å²) in [7, 11) is 0. The summed E-state index contributed by atoms with van der Waals surface area (Å²) in [5.41, 5.74) is 2.00. The highest BCUT2D eigenvalue weighted by Gasteiger charge is 2.54. The molecular weight excluding hydrogens is 378 g/mol. The van der Waals surface area contributed by atoms with E-state index in [0.29, 0.717) is 5.02 Å². The van der Waals surface area contributed by atoms with Crippen molar-refractivity contribution in [2.45, 2.75) is 50.1 Å². The van der Waals surface area contributed by atoms with E-state index in [1.54, 1.807) is 0 Å². The molecule has 1 saturated carbocycles. The minimum atomic E-state index is -0.533. The summed E-state index contributed by atoms with van der Waals surface area (Å²) in [5.74, 6) is -0.996. The van der Waals surface area contributed by atoms with E-state index < -0.39 is 11.6 Å². The Morgan fingerprint density at radius 3 is 2.57 bits per heavy atom. The van der Waals surface area contributed by atoms with Gasteiger partial charge < -0.3 is 15.0 Å². The lowest BCUT2D eigenvalue weighted by molar-refractivity contribution is -0.354. The quantitative estimate of drug-likeness (QED) is 0.766. The van der Waals surface area contributed by atoms with Crippen LogP contribution < -0.4 is 5.32 Å². The lowest BCUT2D eigenvalue weighted by Crippen LogP contribution is -2.47. The number of aromatic nitrogens is 1. The van der Waals surface area contributed by atoms with E-state index in [2.05, 4.69) is 15.2 Å². The van der Waals surface area contributed by atoms with Crippen LogP contribution in [-0.4, -0.2) is 47.6 Å². The maximum absolute atomic E-state index is 6.31. The number of hydrogen-bond donors (Lipinski definition) is 1. The summed E-state index contributed by atoms with van der Waals surface area (Å²) >= 11 is 6.07. The van der Waals surface area contributed by atoms with Crippen LogP contribution in [0.4, 0.5) is 5.69 Å². The lowest BCUT2D eigenvalue weighted by atomic mass is 10.0. The van der Waals surface area contributed by atoms with Crippen molar-refractivity contribution in [3.8, 4) is 0 Å². The molecule has 3 aliphatic rings. The molecule has 1 aliphatic carbocycles. The molecule has 0 amide bonds. The van der Waals surface area contributed by atoms with Crippen LogP contribution in [0, 0.1) is 0 Å². The molecule has 150 valence electrons. The average Bonchev–Trinajstić information content (AvgIpc) is 3.31. The highest BCUT2D eigenvalue weighted by Crippen LogP contribution is 2.47. The average molecular weight is 404 g/mol. The fourth-order valence-electron chi connectivity index (χ4n) is 4.55. The number of rotatable bonds is 4. The van der Waals surface area contributed by atoms with Crippen molar-refractivity contribution >= 4 is 28.2 Å². The molecule has 28 heavy (non-hydrogen) atoms. The standard InChI is InChI=1S/C21H26ClN3O3/c22-16-3-4-17-18(5-10-23-19(17)15-16)24-11-14-25-12-8-21(9-13-25)26-20(27-28-21)6-1-2-7-20/h3-5,10,15H,1-2,6-9,11-14H2,(H,23,24).